The number of hydrogen-bond donors (Lipinski definition) is 1. The maximum absolute atomic E-state index is 12.3. The third-order valence-electron chi connectivity index (χ3n) is 2.91. The molecule has 0 bridgehead atoms. The van der Waals surface area contributed by atoms with Crippen molar-refractivity contribution >= 4 is 23.6 Å². The number of carbonyl (C=O) groups excluding carboxylic acids is 1. The van der Waals surface area contributed by atoms with Gasteiger partial charge in [-0.1, -0.05) is 12.1 Å². The topological polar surface area (TPSA) is 66.8 Å². The Morgan fingerprint density at radius 2 is 2.32 bits per heavy atom. The highest BCUT2D eigenvalue weighted by Crippen LogP contribution is 2.23. The highest BCUT2D eigenvalue weighted by atomic mass is 32.2. The van der Waals surface area contributed by atoms with E-state index in [1.807, 2.05) is 6.07 Å². The van der Waals surface area contributed by atoms with Gasteiger partial charge in [0, 0.05) is 18.4 Å². The maximum Gasteiger partial charge on any atom is 0.327 e. The summed E-state index contributed by atoms with van der Waals surface area (Å²) in [6, 6.07) is 6.36. The largest absolute Gasteiger partial charge is 0.480 e. The Balaban J connectivity index is 2.19. The molecule has 1 N–H and O–H groups in total. The molecule has 5 nitrogen and oxygen atoms in total. The van der Waals surface area contributed by atoms with Crippen LogP contribution in [0.25, 0.3) is 0 Å². The molecule has 1 aromatic carbocycles. The number of benzene rings is 1. The minimum absolute atomic E-state index is 0.240. The summed E-state index contributed by atoms with van der Waals surface area (Å²) < 4.78 is 5.02. The van der Waals surface area contributed by atoms with Crippen molar-refractivity contribution in [3.8, 4) is 0 Å². The first-order chi connectivity index (χ1) is 9.13. The van der Waals surface area contributed by atoms with Crippen molar-refractivity contribution in [3.05, 3.63) is 35.4 Å². The number of aliphatic carboxylic acids is 1. The lowest BCUT2D eigenvalue weighted by atomic mass is 10.1. The second-order valence-electron chi connectivity index (χ2n) is 4.26. The van der Waals surface area contributed by atoms with Crippen LogP contribution >= 0.6 is 11.8 Å². The molecule has 1 aromatic rings. The van der Waals surface area contributed by atoms with E-state index in [0.29, 0.717) is 23.8 Å². The molecule has 0 saturated carbocycles. The van der Waals surface area contributed by atoms with Crippen LogP contribution in [0.5, 0.6) is 0 Å². The lowest BCUT2D eigenvalue weighted by Gasteiger charge is -2.20. The molecule has 19 heavy (non-hydrogen) atoms. The number of methoxy groups -OCH3 is 1. The minimum atomic E-state index is -0.952. The first-order valence-electron chi connectivity index (χ1n) is 5.83. The fourth-order valence-electron chi connectivity index (χ4n) is 1.97. The average Bonchev–Trinajstić information content (AvgIpc) is 2.88. The lowest BCUT2D eigenvalue weighted by Crippen LogP contribution is -2.41. The van der Waals surface area contributed by atoms with Crippen LogP contribution in [0.3, 0.4) is 0 Å². The van der Waals surface area contributed by atoms with Gasteiger partial charge in [0.25, 0.3) is 5.91 Å². The standard InChI is InChI=1S/C13H15NO4S/c1-18-6-9-3-2-4-10(5-9)12(15)14-8-19-7-11(14)13(16)17/h2-5,11H,6-8H2,1H3,(H,16,17). The molecule has 102 valence electrons. The predicted octanol–water partition coefficient (Wildman–Crippen LogP) is 1.43. The molecule has 1 unspecified atom stereocenters. The number of hydrogen-bond acceptors (Lipinski definition) is 4. The van der Waals surface area contributed by atoms with E-state index in [4.69, 9.17) is 9.84 Å². The van der Waals surface area contributed by atoms with Crippen molar-refractivity contribution in [2.75, 3.05) is 18.7 Å². The van der Waals surface area contributed by atoms with E-state index in [-0.39, 0.29) is 5.91 Å². The summed E-state index contributed by atoms with van der Waals surface area (Å²) in [4.78, 5) is 24.8. The highest BCUT2D eigenvalue weighted by molar-refractivity contribution is 7.99. The number of carbonyl (C=O) groups is 2. The van der Waals surface area contributed by atoms with Gasteiger partial charge >= 0.3 is 5.97 Å². The smallest absolute Gasteiger partial charge is 0.327 e. The molecule has 1 aliphatic heterocycles. The van der Waals surface area contributed by atoms with E-state index in [2.05, 4.69) is 0 Å². The SMILES string of the molecule is COCc1cccc(C(=O)N2CSCC2C(=O)O)c1. The Hall–Kier alpha value is -1.53. The molecule has 0 radical (unpaired) electrons. The zero-order chi connectivity index (χ0) is 13.8. The van der Waals surface area contributed by atoms with Crippen molar-refractivity contribution < 1.29 is 19.4 Å². The quantitative estimate of drug-likeness (QED) is 0.904. The van der Waals surface area contributed by atoms with Gasteiger partial charge in [0.05, 0.1) is 12.5 Å². The lowest BCUT2D eigenvalue weighted by molar-refractivity contribution is -0.140. The number of carboxylic acids is 1. The van der Waals surface area contributed by atoms with Gasteiger partial charge < -0.3 is 14.7 Å². The van der Waals surface area contributed by atoms with Crippen molar-refractivity contribution in [2.45, 2.75) is 12.6 Å². The van der Waals surface area contributed by atoms with E-state index in [1.165, 1.54) is 16.7 Å². The Morgan fingerprint density at radius 3 is 3.00 bits per heavy atom. The molecule has 1 amide bonds. The van der Waals surface area contributed by atoms with Crippen molar-refractivity contribution in [1.82, 2.24) is 4.90 Å². The number of thioether (sulfide) groups is 1. The zero-order valence-electron chi connectivity index (χ0n) is 10.5. The molecule has 1 atom stereocenters. The normalized spacial score (nSPS) is 18.6. The summed E-state index contributed by atoms with van der Waals surface area (Å²) in [5.41, 5.74) is 1.40. The van der Waals surface area contributed by atoms with Crippen molar-refractivity contribution in [3.63, 3.8) is 0 Å². The van der Waals surface area contributed by atoms with Crippen LogP contribution < -0.4 is 0 Å². The van der Waals surface area contributed by atoms with Crippen LogP contribution in [-0.4, -0.2) is 46.7 Å². The fraction of sp³-hybridized carbons (Fsp3) is 0.385. The number of carboxylic acid groups (broad SMARTS) is 1. The van der Waals surface area contributed by atoms with E-state index >= 15 is 0 Å². The third kappa shape index (κ3) is 3.08. The van der Waals surface area contributed by atoms with E-state index in [1.54, 1.807) is 25.3 Å². The fourth-order valence-corrected chi connectivity index (χ4v) is 3.12. The summed E-state index contributed by atoms with van der Waals surface area (Å²) in [6.07, 6.45) is 0. The second-order valence-corrected chi connectivity index (χ2v) is 5.26. The molecule has 1 aliphatic rings. The minimum Gasteiger partial charge on any atom is -0.480 e. The monoisotopic (exact) mass is 281 g/mol. The second kappa shape index (κ2) is 6.08. The number of ether oxygens (including phenoxy) is 1. The van der Waals surface area contributed by atoms with Crippen LogP contribution in [0.1, 0.15) is 15.9 Å². The van der Waals surface area contributed by atoms with Gasteiger partial charge in [-0.2, -0.15) is 0 Å². The van der Waals surface area contributed by atoms with Crippen LogP contribution in [0.2, 0.25) is 0 Å². The number of amides is 1. The molecule has 1 fully saturated rings. The average molecular weight is 281 g/mol. The molecular weight excluding hydrogens is 266 g/mol. The van der Waals surface area contributed by atoms with Crippen molar-refractivity contribution in [1.29, 1.82) is 0 Å². The Bertz CT molecular complexity index is 491. The zero-order valence-corrected chi connectivity index (χ0v) is 11.4. The van der Waals surface area contributed by atoms with Gasteiger partial charge in [0.1, 0.15) is 6.04 Å². The maximum atomic E-state index is 12.3. The Labute approximate surface area is 115 Å². The molecule has 0 aliphatic carbocycles. The summed E-state index contributed by atoms with van der Waals surface area (Å²) in [6.45, 7) is 0.429. The molecule has 0 aromatic heterocycles. The molecule has 6 heteroatoms. The summed E-state index contributed by atoms with van der Waals surface area (Å²) in [5.74, 6) is -0.329. The van der Waals surface area contributed by atoms with Gasteiger partial charge in [-0.3, -0.25) is 4.79 Å². The van der Waals surface area contributed by atoms with E-state index in [0.717, 1.165) is 5.56 Å². The number of nitrogens with zero attached hydrogens (tertiary/aromatic N) is 1. The first-order valence-corrected chi connectivity index (χ1v) is 6.98. The Kier molecular flexibility index (Phi) is 4.44. The Morgan fingerprint density at radius 1 is 1.53 bits per heavy atom. The molecule has 1 saturated heterocycles. The van der Waals surface area contributed by atoms with Gasteiger partial charge in [-0.15, -0.1) is 11.8 Å². The first kappa shape index (κ1) is 13.9. The van der Waals surface area contributed by atoms with Gasteiger partial charge in [0.15, 0.2) is 0 Å². The third-order valence-corrected chi connectivity index (χ3v) is 3.93. The van der Waals surface area contributed by atoms with Crippen LogP contribution in [-0.2, 0) is 16.1 Å². The molecule has 2 rings (SSSR count). The van der Waals surface area contributed by atoms with Gasteiger partial charge in [-0.05, 0) is 17.7 Å². The van der Waals surface area contributed by atoms with Crippen LogP contribution in [0.15, 0.2) is 24.3 Å². The highest BCUT2D eigenvalue weighted by Gasteiger charge is 2.34. The molecular formula is C13H15NO4S. The van der Waals surface area contributed by atoms with Gasteiger partial charge in [-0.25, -0.2) is 4.79 Å². The van der Waals surface area contributed by atoms with Crippen LogP contribution in [0.4, 0.5) is 0 Å². The summed E-state index contributed by atoms with van der Waals surface area (Å²) in [7, 11) is 1.59. The predicted molar refractivity (Wildman–Crippen MR) is 72.1 cm³/mol. The van der Waals surface area contributed by atoms with E-state index < -0.39 is 12.0 Å². The number of rotatable bonds is 4. The van der Waals surface area contributed by atoms with Crippen molar-refractivity contribution in [2.24, 2.45) is 0 Å². The molecule has 1 heterocycles. The summed E-state index contributed by atoms with van der Waals surface area (Å²) in [5, 5.41) is 9.09. The van der Waals surface area contributed by atoms with Gasteiger partial charge in [0.2, 0.25) is 0 Å². The van der Waals surface area contributed by atoms with Crippen LogP contribution in [0, 0.1) is 0 Å². The van der Waals surface area contributed by atoms with E-state index in [9.17, 15) is 9.59 Å². The molecule has 0 spiro atoms. The summed E-state index contributed by atoms with van der Waals surface area (Å²) >= 11 is 1.46.